The van der Waals surface area contributed by atoms with Gasteiger partial charge in [-0.1, -0.05) is 180 Å². The van der Waals surface area contributed by atoms with Crippen molar-refractivity contribution in [1.29, 1.82) is 15.8 Å². The van der Waals surface area contributed by atoms with Crippen molar-refractivity contribution in [3.63, 3.8) is 0 Å². The number of hydrogen-bond acceptors (Lipinski definition) is 12. The van der Waals surface area contributed by atoms with Crippen molar-refractivity contribution in [1.82, 2.24) is 9.13 Å². The molecule has 20 heteroatoms. The quantitative estimate of drug-likeness (QED) is 0.0719. The summed E-state index contributed by atoms with van der Waals surface area (Å²) in [6, 6.07) is 67.5. The molecule has 0 spiro atoms. The Morgan fingerprint density at radius 1 is 0.455 bits per heavy atom. The Labute approximate surface area is 579 Å². The van der Waals surface area contributed by atoms with Crippen molar-refractivity contribution in [2.45, 2.75) is 127 Å². The van der Waals surface area contributed by atoms with Gasteiger partial charge in [0.05, 0.1) is 35.7 Å². The summed E-state index contributed by atoms with van der Waals surface area (Å²) < 4.78 is 4.23. The number of nitrogens with zero attached hydrogens (tertiary/aromatic N) is 10. The zero-order valence-electron chi connectivity index (χ0n) is 55.6. The zero-order chi connectivity index (χ0) is 70.4. The minimum Gasteiger partial charge on any atom is -0.341 e. The molecule has 0 radical (unpaired) electrons. The Morgan fingerprint density at radius 3 is 1.21 bits per heavy atom. The van der Waals surface area contributed by atoms with Gasteiger partial charge in [0, 0.05) is 121 Å². The number of nitrogens with two attached hydrogens (primary N) is 1. The molecule has 2 aromatic heterocycles. The molecule has 500 valence electrons. The minimum atomic E-state index is -1.34. The standard InChI is InChI=1S/C20H19N3O3.C20H17N3O2.C20H19N3.C19H19ClN2O3/c1-15-7-8-18(16(13-15)10-12-21)22-14-20(23(25)26,11-9-19(22)24)17-5-3-2-4-6-17;1-14-7-8-18-16(11-14)17(12-21)19-9-10-20(23(24)25,13-22(18)19)15-5-3-2-4-6-15;1-14-7-8-18-16(11-14)17(12-21)19-9-10-20(22,13-23(18)19)15-5-3-2-4-6-15;1-14-7-8-17(15(11-14)12-20)21-13-19(22(24)25,10-9-18(21)23)16-5-3-2-4-6-16/h2-8,13H,9-11,14H2,1H3;2-8,11H,9-10,13H2,1H3;2-8,11H,9-10,13,22H2,1H3;2-8,11H,9-10,12-13H2,1H3. The van der Waals surface area contributed by atoms with Gasteiger partial charge in [0.1, 0.15) is 25.2 Å². The molecule has 99 heavy (non-hydrogen) atoms. The third-order valence-electron chi connectivity index (χ3n) is 20.1. The van der Waals surface area contributed by atoms with E-state index in [1.54, 1.807) is 54.6 Å². The smallest absolute Gasteiger partial charge is 0.265 e. The number of alkyl halides is 1. The molecule has 2 saturated heterocycles. The summed E-state index contributed by atoms with van der Waals surface area (Å²) in [6.07, 6.45) is 3.35. The van der Waals surface area contributed by atoms with Crippen LogP contribution in [0.2, 0.25) is 0 Å². The Balaban J connectivity index is 0.000000133. The van der Waals surface area contributed by atoms with Crippen LogP contribution in [-0.4, -0.2) is 48.8 Å². The van der Waals surface area contributed by atoms with Gasteiger partial charge in [0.25, 0.3) is 16.6 Å². The van der Waals surface area contributed by atoms with Crippen molar-refractivity contribution < 1.29 is 24.4 Å². The lowest BCUT2D eigenvalue weighted by atomic mass is 9.82. The highest BCUT2D eigenvalue weighted by molar-refractivity contribution is 6.17. The molecule has 4 atom stereocenters. The monoisotopic (exact) mass is 1340 g/mol. The molecule has 4 unspecified atom stereocenters. The summed E-state index contributed by atoms with van der Waals surface area (Å²) in [5, 5.41) is 66.4. The summed E-state index contributed by atoms with van der Waals surface area (Å²) in [5.41, 5.74) is 18.3. The van der Waals surface area contributed by atoms with Gasteiger partial charge in [-0.2, -0.15) is 15.8 Å². The highest BCUT2D eigenvalue weighted by Gasteiger charge is 2.53. The number of piperidine rings is 2. The highest BCUT2D eigenvalue weighted by atomic mass is 35.5. The van der Waals surface area contributed by atoms with Crippen LogP contribution in [0, 0.1) is 92.0 Å². The fourth-order valence-electron chi connectivity index (χ4n) is 14.7. The fraction of sp³-hybridized carbons (Fsp3) is 0.278. The topological polar surface area (TPSA) is 277 Å². The van der Waals surface area contributed by atoms with Crippen LogP contribution in [0.3, 0.4) is 0 Å². The van der Waals surface area contributed by atoms with Crippen molar-refractivity contribution in [2.24, 2.45) is 5.73 Å². The molecule has 10 aromatic rings. The van der Waals surface area contributed by atoms with E-state index in [0.29, 0.717) is 53.0 Å². The third kappa shape index (κ3) is 13.4. The molecule has 8 aromatic carbocycles. The average molecular weight is 1340 g/mol. The number of fused-ring (bicyclic) bond motifs is 6. The molecule has 14 rings (SSSR count). The van der Waals surface area contributed by atoms with Gasteiger partial charge in [-0.15, -0.1) is 11.6 Å². The number of benzene rings is 8. The van der Waals surface area contributed by atoms with E-state index < -0.39 is 16.6 Å². The molecule has 19 nitrogen and oxygen atoms in total. The molecule has 2 amide bonds. The lowest BCUT2D eigenvalue weighted by Crippen LogP contribution is -2.53. The second-order valence-corrected chi connectivity index (χ2v) is 26.5. The Morgan fingerprint density at radius 2 is 0.808 bits per heavy atom. The fourth-order valence-corrected chi connectivity index (χ4v) is 15.0. The normalized spacial score (nSPS) is 20.0. The lowest BCUT2D eigenvalue weighted by molar-refractivity contribution is -0.585. The van der Waals surface area contributed by atoms with Gasteiger partial charge in [0.2, 0.25) is 11.8 Å². The van der Waals surface area contributed by atoms with Crippen LogP contribution < -0.4 is 15.5 Å². The predicted molar refractivity (Wildman–Crippen MR) is 381 cm³/mol. The third-order valence-corrected chi connectivity index (χ3v) is 20.3. The number of carbonyl (C=O) groups excluding carboxylic acids is 2. The van der Waals surface area contributed by atoms with Gasteiger partial charge in [-0.3, -0.25) is 39.9 Å². The van der Waals surface area contributed by atoms with Gasteiger partial charge in [-0.25, -0.2) is 0 Å². The molecule has 4 aliphatic heterocycles. The number of rotatable bonds is 11. The van der Waals surface area contributed by atoms with Crippen LogP contribution >= 0.6 is 11.6 Å². The van der Waals surface area contributed by atoms with Crippen LogP contribution in [0.25, 0.3) is 21.8 Å². The summed E-state index contributed by atoms with van der Waals surface area (Å²) >= 11 is 6.05. The van der Waals surface area contributed by atoms with E-state index in [-0.39, 0.29) is 89.7 Å². The highest BCUT2D eigenvalue weighted by Crippen LogP contribution is 2.44. The van der Waals surface area contributed by atoms with Crippen molar-refractivity contribution in [3.05, 3.63) is 303 Å². The van der Waals surface area contributed by atoms with Crippen LogP contribution in [0.1, 0.15) is 117 Å². The van der Waals surface area contributed by atoms with Gasteiger partial charge in [0.15, 0.2) is 0 Å². The first kappa shape index (κ1) is 69.1. The van der Waals surface area contributed by atoms with Gasteiger partial charge in [-0.05, 0) is 100 Å². The maximum absolute atomic E-state index is 12.6. The number of hydrogen-bond donors (Lipinski definition) is 1. The second kappa shape index (κ2) is 28.8. The molecule has 4 aliphatic rings. The van der Waals surface area contributed by atoms with Gasteiger partial charge < -0.3 is 24.7 Å². The SMILES string of the molecule is Cc1ccc(N2CC(c3ccccc3)([N+](=O)[O-])CCC2=O)c(CC#N)c1.Cc1ccc(N2CC(c3ccccc3)([N+](=O)[O-])CCC2=O)c(CCl)c1.Cc1ccc2c(c1)c(C#N)c1n2CC(N)(c2ccccc2)CC1.Cc1ccc2c(c1)c(C#N)c1n2CC(c2ccccc2)([N+](=O)[O-])CC1. The van der Waals surface area contributed by atoms with Crippen molar-refractivity contribution >= 4 is 56.6 Å². The Bertz CT molecular complexity index is 4890. The van der Waals surface area contributed by atoms with Crippen LogP contribution in [-0.2, 0) is 70.0 Å². The Kier molecular flexibility index (Phi) is 20.1. The van der Waals surface area contributed by atoms with Crippen LogP contribution in [0.5, 0.6) is 0 Å². The molecule has 0 aliphatic carbocycles. The first-order valence-corrected chi connectivity index (χ1v) is 33.4. The molecular weight excluding hydrogens is 1270 g/mol. The molecule has 2 N–H and O–H groups in total. The maximum atomic E-state index is 12.6. The Hall–Kier alpha value is -11.3. The first-order valence-electron chi connectivity index (χ1n) is 32.9. The predicted octanol–water partition coefficient (Wildman–Crippen LogP) is 15.0. The van der Waals surface area contributed by atoms with E-state index in [1.165, 1.54) is 15.4 Å². The number of nitriles is 3. The number of amides is 2. The van der Waals surface area contributed by atoms with Crippen LogP contribution in [0.15, 0.2) is 194 Å². The average Bonchev–Trinajstić information content (AvgIpc) is 1.56. The summed E-state index contributed by atoms with van der Waals surface area (Å²) in [5.74, 6) is -0.0116. The van der Waals surface area contributed by atoms with E-state index in [4.69, 9.17) is 22.6 Å². The van der Waals surface area contributed by atoms with E-state index in [0.717, 1.165) is 85.0 Å². The second-order valence-electron chi connectivity index (χ2n) is 26.3. The zero-order valence-corrected chi connectivity index (χ0v) is 56.3. The van der Waals surface area contributed by atoms with Gasteiger partial charge >= 0.3 is 0 Å². The number of aromatic nitrogens is 2. The van der Waals surface area contributed by atoms with Crippen molar-refractivity contribution in [3.8, 4) is 18.2 Å². The van der Waals surface area contributed by atoms with E-state index in [1.807, 2.05) is 135 Å². The van der Waals surface area contributed by atoms with Crippen LogP contribution in [0.4, 0.5) is 11.4 Å². The summed E-state index contributed by atoms with van der Waals surface area (Å²) in [7, 11) is 0. The lowest BCUT2D eigenvalue weighted by Gasteiger charge is -2.37. The maximum Gasteiger partial charge on any atom is 0.265 e. The number of aryl methyl sites for hydroxylation is 4. The number of carbonyl (C=O) groups is 2. The minimum absolute atomic E-state index is 0.00972. The van der Waals surface area contributed by atoms with E-state index in [2.05, 4.69) is 60.0 Å². The molecule has 2 fully saturated rings. The largest absolute Gasteiger partial charge is 0.341 e. The number of anilines is 2. The summed E-state index contributed by atoms with van der Waals surface area (Å²) in [6.45, 7) is 8.85. The molecule has 0 bridgehead atoms. The van der Waals surface area contributed by atoms with Crippen molar-refractivity contribution in [2.75, 3.05) is 22.9 Å². The first-order chi connectivity index (χ1) is 47.6. The summed E-state index contributed by atoms with van der Waals surface area (Å²) in [4.78, 5) is 63.6. The van der Waals surface area contributed by atoms with E-state index >= 15 is 0 Å². The number of halogens is 1. The number of nitro groups is 3. The molecular formula is C79H74ClN11O8. The van der Waals surface area contributed by atoms with E-state index in [9.17, 15) is 50.5 Å². The molecule has 0 saturated carbocycles. The molecule has 6 heterocycles.